The predicted octanol–water partition coefficient (Wildman–Crippen LogP) is 3.35. The summed E-state index contributed by atoms with van der Waals surface area (Å²) in [5, 5.41) is 19.8. The fraction of sp³-hybridized carbons (Fsp3) is 0.379. The summed E-state index contributed by atoms with van der Waals surface area (Å²) in [4.78, 5) is 23.5. The average molecular weight is 598 g/mol. The number of carbonyl (C=O) groups excluding carboxylic acids is 1. The zero-order valence-electron chi connectivity index (χ0n) is 23.6. The number of nitrogens with zero attached hydrogens (tertiary/aromatic N) is 5. The quantitative estimate of drug-likeness (QED) is 0.211. The van der Waals surface area contributed by atoms with Crippen LogP contribution in [0, 0.1) is 11.6 Å². The Bertz CT molecular complexity index is 1550. The van der Waals surface area contributed by atoms with Gasteiger partial charge in [0.05, 0.1) is 36.8 Å². The van der Waals surface area contributed by atoms with Crippen LogP contribution < -0.4 is 20.1 Å². The maximum atomic E-state index is 13.9. The van der Waals surface area contributed by atoms with Gasteiger partial charge in [-0.25, -0.2) is 18.7 Å². The third-order valence-electron chi connectivity index (χ3n) is 7.02. The van der Waals surface area contributed by atoms with E-state index in [0.29, 0.717) is 54.4 Å². The summed E-state index contributed by atoms with van der Waals surface area (Å²) in [6, 6.07) is 7.48. The Hall–Kier alpha value is -4.40. The number of aromatic nitrogens is 4. The molecular weight excluding hydrogens is 564 g/mol. The number of anilines is 3. The van der Waals surface area contributed by atoms with Crippen LogP contribution in [0.15, 0.2) is 48.9 Å². The van der Waals surface area contributed by atoms with Crippen LogP contribution in [0.25, 0.3) is 10.9 Å². The van der Waals surface area contributed by atoms with E-state index in [9.17, 15) is 18.7 Å². The smallest absolute Gasteiger partial charge is 0.246 e. The van der Waals surface area contributed by atoms with E-state index >= 15 is 0 Å². The van der Waals surface area contributed by atoms with Crippen molar-refractivity contribution in [3.05, 3.63) is 60.6 Å². The zero-order valence-corrected chi connectivity index (χ0v) is 23.6. The van der Waals surface area contributed by atoms with Crippen molar-refractivity contribution in [1.82, 2.24) is 24.6 Å². The van der Waals surface area contributed by atoms with Crippen molar-refractivity contribution in [2.75, 3.05) is 57.3 Å². The lowest BCUT2D eigenvalue weighted by Crippen LogP contribution is -2.43. The molecule has 0 unspecified atom stereocenters. The number of aliphatic hydroxyl groups excluding tert-OH is 1. The molecule has 5 rings (SSSR count). The molecule has 0 saturated carbocycles. The van der Waals surface area contributed by atoms with Gasteiger partial charge in [-0.1, -0.05) is 6.07 Å². The van der Waals surface area contributed by atoms with Crippen molar-refractivity contribution in [2.45, 2.75) is 25.4 Å². The number of halogens is 2. The third kappa shape index (κ3) is 7.71. The molecule has 4 aromatic rings. The van der Waals surface area contributed by atoms with Gasteiger partial charge < -0.3 is 30.0 Å². The molecule has 0 bridgehead atoms. The van der Waals surface area contributed by atoms with Gasteiger partial charge in [-0.15, -0.1) is 0 Å². The molecular formula is C29H33F2N7O5. The lowest BCUT2D eigenvalue weighted by atomic mass is 10.1. The summed E-state index contributed by atoms with van der Waals surface area (Å²) in [6.07, 6.45) is 6.55. The standard InChI is InChI=1S/C29H33F2N7O5/c1-41-25-13-19-15-32-29(34-20-16-33-38(17-20)18-27(40)35-23-4-2-3-22(30)28(23)31)36-24(19)14-26(25)43-12-8-37(7-9-39)21-5-10-42-11-6-21/h2-4,13-17,21,39H,5-12,18H2,1H3,(H,35,40)(H,32,34,36). The summed E-state index contributed by atoms with van der Waals surface area (Å²) in [6.45, 7) is 2.89. The maximum absolute atomic E-state index is 13.9. The van der Waals surface area contributed by atoms with E-state index in [0.717, 1.165) is 37.5 Å². The number of methoxy groups -OCH3 is 1. The fourth-order valence-electron chi connectivity index (χ4n) is 4.88. The van der Waals surface area contributed by atoms with Gasteiger partial charge in [0, 0.05) is 56.2 Å². The number of hydrogen-bond donors (Lipinski definition) is 3. The number of ether oxygens (including phenoxy) is 3. The molecule has 12 nitrogen and oxygen atoms in total. The minimum absolute atomic E-state index is 0.0738. The van der Waals surface area contributed by atoms with Crippen LogP contribution in [0.1, 0.15) is 12.8 Å². The molecule has 43 heavy (non-hydrogen) atoms. The number of fused-ring (bicyclic) bond motifs is 1. The summed E-state index contributed by atoms with van der Waals surface area (Å²) < 4.78 is 45.7. The molecule has 0 aliphatic carbocycles. The molecule has 0 atom stereocenters. The van der Waals surface area contributed by atoms with E-state index in [1.165, 1.54) is 23.0 Å². The molecule has 1 amide bonds. The van der Waals surface area contributed by atoms with Gasteiger partial charge >= 0.3 is 0 Å². The van der Waals surface area contributed by atoms with Gasteiger partial charge in [0.15, 0.2) is 23.1 Å². The van der Waals surface area contributed by atoms with Gasteiger partial charge in [0.2, 0.25) is 11.9 Å². The van der Waals surface area contributed by atoms with Crippen LogP contribution in [0.3, 0.4) is 0 Å². The molecule has 0 spiro atoms. The zero-order chi connectivity index (χ0) is 30.2. The topological polar surface area (TPSA) is 136 Å². The van der Waals surface area contributed by atoms with Gasteiger partial charge in [-0.2, -0.15) is 5.10 Å². The Labute approximate surface area is 246 Å². The Morgan fingerprint density at radius 1 is 1.19 bits per heavy atom. The molecule has 2 aromatic heterocycles. The van der Waals surface area contributed by atoms with E-state index in [2.05, 4.69) is 30.6 Å². The molecule has 3 N–H and O–H groups in total. The lowest BCUT2D eigenvalue weighted by Gasteiger charge is -2.33. The molecule has 2 aromatic carbocycles. The van der Waals surface area contributed by atoms with E-state index < -0.39 is 17.5 Å². The summed E-state index contributed by atoms with van der Waals surface area (Å²) >= 11 is 0. The van der Waals surface area contributed by atoms with Crippen LogP contribution >= 0.6 is 0 Å². The number of amides is 1. The molecule has 1 aliphatic rings. The number of rotatable bonds is 13. The van der Waals surface area contributed by atoms with E-state index in [4.69, 9.17) is 14.2 Å². The molecule has 1 saturated heterocycles. The van der Waals surface area contributed by atoms with Crippen molar-refractivity contribution in [1.29, 1.82) is 0 Å². The normalized spacial score (nSPS) is 13.8. The number of nitrogens with one attached hydrogen (secondary N) is 2. The van der Waals surface area contributed by atoms with Gasteiger partial charge in [0.1, 0.15) is 13.2 Å². The molecule has 1 fully saturated rings. The minimum Gasteiger partial charge on any atom is -0.493 e. The fourth-order valence-corrected chi connectivity index (χ4v) is 4.88. The molecule has 14 heteroatoms. The highest BCUT2D eigenvalue weighted by Gasteiger charge is 2.21. The molecule has 228 valence electrons. The van der Waals surface area contributed by atoms with Crippen LogP contribution in [-0.4, -0.2) is 88.3 Å². The van der Waals surface area contributed by atoms with Crippen molar-refractivity contribution in [2.24, 2.45) is 0 Å². The van der Waals surface area contributed by atoms with Crippen LogP contribution in [0.2, 0.25) is 0 Å². The largest absolute Gasteiger partial charge is 0.493 e. The highest BCUT2D eigenvalue weighted by Crippen LogP contribution is 2.32. The van der Waals surface area contributed by atoms with Crippen molar-refractivity contribution >= 4 is 34.1 Å². The first-order valence-corrected chi connectivity index (χ1v) is 13.9. The van der Waals surface area contributed by atoms with Crippen molar-refractivity contribution in [3.8, 4) is 11.5 Å². The van der Waals surface area contributed by atoms with Crippen LogP contribution in [-0.2, 0) is 16.1 Å². The van der Waals surface area contributed by atoms with Crippen LogP contribution in [0.5, 0.6) is 11.5 Å². The minimum atomic E-state index is -1.13. The first-order chi connectivity index (χ1) is 20.9. The van der Waals surface area contributed by atoms with Crippen molar-refractivity contribution in [3.63, 3.8) is 0 Å². The number of carbonyl (C=O) groups is 1. The second-order valence-electron chi connectivity index (χ2n) is 9.91. The van der Waals surface area contributed by atoms with E-state index in [1.807, 2.05) is 0 Å². The Kier molecular flexibility index (Phi) is 9.92. The highest BCUT2D eigenvalue weighted by molar-refractivity contribution is 5.90. The second-order valence-corrected chi connectivity index (χ2v) is 9.91. The summed E-state index contributed by atoms with van der Waals surface area (Å²) in [5.74, 6) is -1.38. The van der Waals surface area contributed by atoms with E-state index in [-0.39, 0.29) is 18.8 Å². The number of benzene rings is 2. The van der Waals surface area contributed by atoms with Gasteiger partial charge in [-0.3, -0.25) is 14.4 Å². The number of hydrogen-bond acceptors (Lipinski definition) is 10. The Morgan fingerprint density at radius 3 is 2.81 bits per heavy atom. The summed E-state index contributed by atoms with van der Waals surface area (Å²) in [7, 11) is 1.57. The maximum Gasteiger partial charge on any atom is 0.246 e. The molecule has 1 aliphatic heterocycles. The van der Waals surface area contributed by atoms with Gasteiger partial charge in [0.25, 0.3) is 0 Å². The monoisotopic (exact) mass is 597 g/mol. The number of aliphatic hydroxyl groups is 1. The first-order valence-electron chi connectivity index (χ1n) is 13.9. The van der Waals surface area contributed by atoms with Crippen molar-refractivity contribution < 1.29 is 32.9 Å². The lowest BCUT2D eigenvalue weighted by molar-refractivity contribution is -0.116. The average Bonchev–Trinajstić information content (AvgIpc) is 3.45. The SMILES string of the molecule is COc1cc2cnc(Nc3cnn(CC(=O)Nc4cccc(F)c4F)c3)nc2cc1OCCN(CCO)C1CCOCC1. The Morgan fingerprint density at radius 2 is 2.02 bits per heavy atom. The Balaban J connectivity index is 1.22. The van der Waals surface area contributed by atoms with Gasteiger partial charge in [-0.05, 0) is 31.0 Å². The van der Waals surface area contributed by atoms with Crippen LogP contribution in [0.4, 0.5) is 26.1 Å². The summed E-state index contributed by atoms with van der Waals surface area (Å²) in [5.41, 5.74) is 0.891. The predicted molar refractivity (Wildman–Crippen MR) is 155 cm³/mol. The van der Waals surface area contributed by atoms with E-state index in [1.54, 1.807) is 31.6 Å². The molecule has 3 heterocycles. The third-order valence-corrected chi connectivity index (χ3v) is 7.02. The molecule has 0 radical (unpaired) electrons. The first kappa shape index (κ1) is 30.1. The highest BCUT2D eigenvalue weighted by atomic mass is 19.2. The second kappa shape index (κ2) is 14.2.